The third-order valence-corrected chi connectivity index (χ3v) is 6.61. The summed E-state index contributed by atoms with van der Waals surface area (Å²) in [6.45, 7) is 4.87. The van der Waals surface area contributed by atoms with E-state index in [0.717, 1.165) is 45.3 Å². The Hall–Kier alpha value is -4.01. The second-order valence-electron chi connectivity index (χ2n) is 9.06. The van der Waals surface area contributed by atoms with Gasteiger partial charge in [-0.3, -0.25) is 4.79 Å². The molecule has 2 aromatic carbocycles. The van der Waals surface area contributed by atoms with Gasteiger partial charge in [-0.15, -0.1) is 0 Å². The first-order valence-corrected chi connectivity index (χ1v) is 11.5. The van der Waals surface area contributed by atoms with Crippen LogP contribution < -0.4 is 10.1 Å². The molecule has 9 heteroatoms. The summed E-state index contributed by atoms with van der Waals surface area (Å²) in [5.41, 5.74) is 5.93. The molecule has 0 spiro atoms. The first-order chi connectivity index (χ1) is 17.1. The van der Waals surface area contributed by atoms with Crippen molar-refractivity contribution in [2.45, 2.75) is 38.9 Å². The first-order valence-electron chi connectivity index (χ1n) is 11.5. The van der Waals surface area contributed by atoms with Gasteiger partial charge in [0.15, 0.2) is 5.69 Å². The van der Waals surface area contributed by atoms with Crippen LogP contribution in [0.3, 0.4) is 0 Å². The summed E-state index contributed by atoms with van der Waals surface area (Å²) in [5.74, 6) is -0.301. The van der Waals surface area contributed by atoms with E-state index in [4.69, 9.17) is 9.84 Å². The Bertz CT molecular complexity index is 1480. The van der Waals surface area contributed by atoms with Crippen molar-refractivity contribution in [3.05, 3.63) is 82.8 Å². The Morgan fingerprint density at radius 1 is 1.17 bits per heavy atom. The van der Waals surface area contributed by atoms with E-state index in [1.807, 2.05) is 44.2 Å². The van der Waals surface area contributed by atoms with Crippen LogP contribution in [0.4, 0.5) is 18.9 Å². The fourth-order valence-corrected chi connectivity index (χ4v) is 4.77. The van der Waals surface area contributed by atoms with Gasteiger partial charge in [-0.1, -0.05) is 18.2 Å². The molecule has 0 aliphatic carbocycles. The lowest BCUT2D eigenvalue weighted by Gasteiger charge is -2.16. The van der Waals surface area contributed by atoms with Gasteiger partial charge in [0.05, 0.1) is 13.0 Å². The van der Waals surface area contributed by atoms with Crippen LogP contribution in [0.15, 0.2) is 54.9 Å². The molecule has 2 N–H and O–H groups in total. The average Bonchev–Trinajstić information content (AvgIpc) is 3.42. The number of rotatable bonds is 6. The van der Waals surface area contributed by atoms with Crippen LogP contribution in [0.5, 0.6) is 5.75 Å². The number of pyridine rings is 1. The van der Waals surface area contributed by atoms with Gasteiger partial charge in [-0.25, -0.2) is 4.98 Å². The minimum absolute atomic E-state index is 0.0352. The molecule has 5 rings (SSSR count). The molecule has 0 saturated heterocycles. The summed E-state index contributed by atoms with van der Waals surface area (Å²) >= 11 is 0. The zero-order valence-corrected chi connectivity index (χ0v) is 19.7. The zero-order chi connectivity index (χ0) is 25.6. The maximum atomic E-state index is 13.1. The van der Waals surface area contributed by atoms with E-state index in [1.54, 1.807) is 18.3 Å². The number of nitrogens with zero attached hydrogens (tertiary/aromatic N) is 2. The first kappa shape index (κ1) is 23.7. The highest BCUT2D eigenvalue weighted by Crippen LogP contribution is 2.38. The van der Waals surface area contributed by atoms with Gasteiger partial charge in [0, 0.05) is 42.2 Å². The van der Waals surface area contributed by atoms with Crippen LogP contribution >= 0.6 is 0 Å². The molecule has 0 saturated carbocycles. The van der Waals surface area contributed by atoms with Gasteiger partial charge < -0.3 is 19.6 Å². The Morgan fingerprint density at radius 2 is 1.97 bits per heavy atom. The van der Waals surface area contributed by atoms with Gasteiger partial charge in [0.1, 0.15) is 11.4 Å². The average molecular weight is 496 g/mol. The summed E-state index contributed by atoms with van der Waals surface area (Å²) < 4.78 is 46.4. The molecule has 1 unspecified atom stereocenters. The minimum atomic E-state index is -4.50. The number of benzene rings is 2. The van der Waals surface area contributed by atoms with E-state index in [2.05, 4.69) is 10.3 Å². The maximum Gasteiger partial charge on any atom is 0.434 e. The van der Waals surface area contributed by atoms with Crippen molar-refractivity contribution in [1.29, 1.82) is 0 Å². The van der Waals surface area contributed by atoms with Crippen molar-refractivity contribution in [2.24, 2.45) is 0 Å². The Balaban J connectivity index is 1.39. The fourth-order valence-electron chi connectivity index (χ4n) is 4.77. The predicted octanol–water partition coefficient (Wildman–Crippen LogP) is 6.20. The number of anilines is 1. The summed E-state index contributed by atoms with van der Waals surface area (Å²) in [7, 11) is 0. The quantitative estimate of drug-likeness (QED) is 0.333. The van der Waals surface area contributed by atoms with Crippen LogP contribution in [-0.4, -0.2) is 27.1 Å². The van der Waals surface area contributed by atoms with E-state index < -0.39 is 17.8 Å². The molecule has 1 aliphatic rings. The van der Waals surface area contributed by atoms with Crippen molar-refractivity contribution in [3.8, 4) is 16.9 Å². The van der Waals surface area contributed by atoms with Crippen LogP contribution in [0.1, 0.15) is 40.3 Å². The molecular formula is C27H24F3N3O3. The fraction of sp³-hybridized carbons (Fsp3) is 0.259. The van der Waals surface area contributed by atoms with Gasteiger partial charge in [-0.05, 0) is 59.9 Å². The lowest BCUT2D eigenvalue weighted by atomic mass is 9.93. The minimum Gasteiger partial charge on any atom is -0.493 e. The molecule has 0 bridgehead atoms. The number of nitrogens with one attached hydrogen (secondary N) is 1. The summed E-state index contributed by atoms with van der Waals surface area (Å²) in [6.07, 6.45) is -1.78. The molecule has 186 valence electrons. The van der Waals surface area contributed by atoms with Gasteiger partial charge in [0.25, 0.3) is 0 Å². The molecule has 36 heavy (non-hydrogen) atoms. The molecule has 1 atom stereocenters. The molecule has 3 heterocycles. The van der Waals surface area contributed by atoms with E-state index in [0.29, 0.717) is 18.9 Å². The Kier molecular flexibility index (Phi) is 5.86. The van der Waals surface area contributed by atoms with Gasteiger partial charge in [0.2, 0.25) is 0 Å². The van der Waals surface area contributed by atoms with E-state index >= 15 is 0 Å². The molecule has 6 nitrogen and oxygen atoms in total. The summed E-state index contributed by atoms with van der Waals surface area (Å²) in [5, 5.41) is 12.5. The number of carboxylic acids is 1. The Labute approximate surface area is 205 Å². The number of carboxylic acid groups (broad SMARTS) is 1. The number of carbonyl (C=O) groups is 1. The standard InChI is InChI=1S/C27H24F3N3O3/c1-15-3-4-17(11-31-20-6-7-21-19(9-25(34)35)14-36-22(21)10-20)16(2)26(15)18-5-8-24-32-23(27(28,29)30)13-33(24)12-18/h3-8,10,12-13,19,31H,9,11,14H2,1-2H3,(H,34,35). The van der Waals surface area contributed by atoms with E-state index in [1.165, 1.54) is 4.40 Å². The highest BCUT2D eigenvalue weighted by Gasteiger charge is 2.34. The van der Waals surface area contributed by atoms with Crippen molar-refractivity contribution in [2.75, 3.05) is 11.9 Å². The number of ether oxygens (including phenoxy) is 1. The molecule has 0 radical (unpaired) electrons. The van der Waals surface area contributed by atoms with Crippen molar-refractivity contribution in [1.82, 2.24) is 9.38 Å². The largest absolute Gasteiger partial charge is 0.493 e. The zero-order valence-electron chi connectivity index (χ0n) is 19.7. The lowest BCUT2D eigenvalue weighted by Crippen LogP contribution is -2.07. The topological polar surface area (TPSA) is 75.9 Å². The second-order valence-corrected chi connectivity index (χ2v) is 9.06. The number of alkyl halides is 3. The lowest BCUT2D eigenvalue weighted by molar-refractivity contribution is -0.141. The van der Waals surface area contributed by atoms with Gasteiger partial charge in [-0.2, -0.15) is 13.2 Å². The van der Waals surface area contributed by atoms with Gasteiger partial charge >= 0.3 is 12.1 Å². The number of halogens is 3. The normalized spacial score (nSPS) is 15.1. The van der Waals surface area contributed by atoms with Crippen molar-refractivity contribution in [3.63, 3.8) is 0 Å². The smallest absolute Gasteiger partial charge is 0.434 e. The number of aromatic nitrogens is 2. The SMILES string of the molecule is Cc1ccc(CNc2ccc3c(c2)OCC3CC(=O)O)c(C)c1-c1ccc2nc(C(F)(F)F)cn2c1. The predicted molar refractivity (Wildman–Crippen MR) is 129 cm³/mol. The molecule has 4 aromatic rings. The number of fused-ring (bicyclic) bond motifs is 2. The highest BCUT2D eigenvalue weighted by atomic mass is 19.4. The Morgan fingerprint density at radius 3 is 2.72 bits per heavy atom. The van der Waals surface area contributed by atoms with E-state index in [9.17, 15) is 18.0 Å². The molecule has 2 aromatic heterocycles. The molecule has 0 amide bonds. The van der Waals surface area contributed by atoms with Crippen LogP contribution in [-0.2, 0) is 17.5 Å². The second kappa shape index (κ2) is 8.89. The number of hydrogen-bond donors (Lipinski definition) is 2. The number of hydrogen-bond acceptors (Lipinski definition) is 4. The van der Waals surface area contributed by atoms with Crippen LogP contribution in [0, 0.1) is 13.8 Å². The van der Waals surface area contributed by atoms with Crippen LogP contribution in [0.25, 0.3) is 16.8 Å². The third kappa shape index (κ3) is 4.48. The molecular weight excluding hydrogens is 471 g/mol. The summed E-state index contributed by atoms with van der Waals surface area (Å²) in [4.78, 5) is 14.7. The highest BCUT2D eigenvalue weighted by molar-refractivity contribution is 5.73. The van der Waals surface area contributed by atoms with Crippen LogP contribution in [0.2, 0.25) is 0 Å². The third-order valence-electron chi connectivity index (χ3n) is 6.61. The molecule has 0 fully saturated rings. The monoisotopic (exact) mass is 495 g/mol. The van der Waals surface area contributed by atoms with Crippen molar-refractivity contribution < 1.29 is 27.8 Å². The molecule has 1 aliphatic heterocycles. The number of aliphatic carboxylic acids is 1. The van der Waals surface area contributed by atoms with Crippen molar-refractivity contribution >= 4 is 17.3 Å². The summed E-state index contributed by atoms with van der Waals surface area (Å²) in [6, 6.07) is 13.1. The van der Waals surface area contributed by atoms with E-state index in [-0.39, 0.29) is 18.0 Å². The number of imidazole rings is 1. The maximum absolute atomic E-state index is 13.1. The number of aryl methyl sites for hydroxylation is 1.